The summed E-state index contributed by atoms with van der Waals surface area (Å²) >= 11 is 1.51. The number of rotatable bonds is 5. The van der Waals surface area contributed by atoms with Crippen molar-refractivity contribution in [3.8, 4) is 11.5 Å². The predicted octanol–water partition coefficient (Wildman–Crippen LogP) is 3.24. The number of carbonyl (C=O) groups excluding carboxylic acids is 1. The summed E-state index contributed by atoms with van der Waals surface area (Å²) in [4.78, 5) is 13.0. The van der Waals surface area contributed by atoms with Crippen molar-refractivity contribution in [2.24, 2.45) is 0 Å². The highest BCUT2D eigenvalue weighted by molar-refractivity contribution is 8.00. The predicted molar refractivity (Wildman–Crippen MR) is 85.3 cm³/mol. The molecule has 0 aliphatic carbocycles. The molecule has 21 heavy (non-hydrogen) atoms. The minimum atomic E-state index is -0.150. The number of hydrogen-bond acceptors (Lipinski definition) is 4. The first-order valence-corrected chi connectivity index (χ1v) is 8.32. The quantitative estimate of drug-likeness (QED) is 0.848. The Labute approximate surface area is 130 Å². The number of fused-ring (bicyclic) bond motifs is 1. The van der Waals surface area contributed by atoms with Crippen molar-refractivity contribution < 1.29 is 14.3 Å². The van der Waals surface area contributed by atoms with Gasteiger partial charge in [0.2, 0.25) is 5.91 Å². The molecular weight excluding hydrogens is 286 g/mol. The molecule has 4 nitrogen and oxygen atoms in total. The van der Waals surface area contributed by atoms with Crippen LogP contribution < -0.4 is 14.8 Å². The zero-order valence-corrected chi connectivity index (χ0v) is 13.7. The van der Waals surface area contributed by atoms with Gasteiger partial charge in [0.15, 0.2) is 11.5 Å². The maximum atomic E-state index is 11.9. The van der Waals surface area contributed by atoms with E-state index in [2.05, 4.69) is 12.2 Å². The molecule has 0 saturated carbocycles. The monoisotopic (exact) mass is 309 g/mol. The average molecular weight is 309 g/mol. The Hall–Kier alpha value is -1.36. The number of thioether (sulfide) groups is 1. The van der Waals surface area contributed by atoms with Crippen LogP contribution >= 0.6 is 11.8 Å². The van der Waals surface area contributed by atoms with Gasteiger partial charge in [-0.1, -0.05) is 6.92 Å². The molecule has 0 bridgehead atoms. The lowest BCUT2D eigenvalue weighted by Gasteiger charge is -2.24. The number of ether oxygens (including phenoxy) is 2. The Morgan fingerprint density at radius 2 is 2.00 bits per heavy atom. The number of nitrogens with one attached hydrogen (secondary N) is 1. The van der Waals surface area contributed by atoms with Crippen LogP contribution in [0.2, 0.25) is 0 Å². The van der Waals surface area contributed by atoms with E-state index in [1.165, 1.54) is 11.8 Å². The van der Waals surface area contributed by atoms with Crippen molar-refractivity contribution in [2.75, 3.05) is 19.0 Å². The van der Waals surface area contributed by atoms with Gasteiger partial charge in [-0.15, -0.1) is 11.8 Å². The minimum Gasteiger partial charge on any atom is -0.490 e. The van der Waals surface area contributed by atoms with Gasteiger partial charge in [0.25, 0.3) is 0 Å². The van der Waals surface area contributed by atoms with E-state index in [0.29, 0.717) is 19.0 Å². The molecule has 0 saturated heterocycles. The zero-order chi connectivity index (χ0) is 15.3. The molecule has 1 aliphatic heterocycles. The van der Waals surface area contributed by atoms with Gasteiger partial charge in [-0.3, -0.25) is 4.79 Å². The van der Waals surface area contributed by atoms with Crippen LogP contribution in [0.5, 0.6) is 11.5 Å². The highest BCUT2D eigenvalue weighted by Gasteiger charge is 2.18. The molecule has 0 fully saturated rings. The topological polar surface area (TPSA) is 47.6 Å². The molecule has 1 amide bonds. The van der Waals surface area contributed by atoms with Crippen LogP contribution in [0.15, 0.2) is 23.1 Å². The fourth-order valence-corrected chi connectivity index (χ4v) is 2.61. The Kier molecular flexibility index (Phi) is 5.39. The largest absolute Gasteiger partial charge is 0.490 e. The molecule has 1 aromatic rings. The van der Waals surface area contributed by atoms with E-state index in [4.69, 9.17) is 9.47 Å². The molecule has 0 aromatic heterocycles. The number of carbonyl (C=O) groups is 1. The highest BCUT2D eigenvalue weighted by Crippen LogP contribution is 2.33. The second-order valence-electron chi connectivity index (χ2n) is 5.73. The zero-order valence-electron chi connectivity index (χ0n) is 12.9. The van der Waals surface area contributed by atoms with Gasteiger partial charge >= 0.3 is 0 Å². The summed E-state index contributed by atoms with van der Waals surface area (Å²) in [7, 11) is 0. The molecule has 0 radical (unpaired) electrons. The van der Waals surface area contributed by atoms with Crippen LogP contribution in [0.25, 0.3) is 0 Å². The molecule has 0 atom stereocenters. The average Bonchev–Trinajstić information content (AvgIpc) is 2.69. The maximum Gasteiger partial charge on any atom is 0.230 e. The molecule has 1 aliphatic rings. The van der Waals surface area contributed by atoms with Crippen molar-refractivity contribution in [1.29, 1.82) is 0 Å². The summed E-state index contributed by atoms with van der Waals surface area (Å²) in [5, 5.41) is 3.03. The van der Waals surface area contributed by atoms with Crippen LogP contribution in [0, 0.1) is 0 Å². The molecule has 2 rings (SSSR count). The number of amides is 1. The summed E-state index contributed by atoms with van der Waals surface area (Å²) in [6.45, 7) is 7.49. The lowest BCUT2D eigenvalue weighted by molar-refractivity contribution is -0.120. The molecule has 1 heterocycles. The number of benzene rings is 1. The van der Waals surface area contributed by atoms with Crippen LogP contribution in [-0.2, 0) is 4.79 Å². The third kappa shape index (κ3) is 4.84. The summed E-state index contributed by atoms with van der Waals surface area (Å²) in [5.74, 6) is 2.02. The smallest absolute Gasteiger partial charge is 0.230 e. The Morgan fingerprint density at radius 3 is 2.71 bits per heavy atom. The van der Waals surface area contributed by atoms with Gasteiger partial charge in [-0.05, 0) is 38.5 Å². The van der Waals surface area contributed by atoms with Crippen LogP contribution in [-0.4, -0.2) is 30.4 Å². The lowest BCUT2D eigenvalue weighted by Crippen LogP contribution is -2.43. The third-order valence-electron chi connectivity index (χ3n) is 3.45. The standard InChI is InChI=1S/C16H23NO3S/c1-4-16(2,3)17-15(18)11-21-12-6-7-13-14(10-12)20-9-5-8-19-13/h6-7,10H,4-5,8-9,11H2,1-3H3,(H,17,18). The molecule has 1 aromatic carbocycles. The first kappa shape index (κ1) is 16.0. The lowest BCUT2D eigenvalue weighted by atomic mass is 10.0. The van der Waals surface area contributed by atoms with Crippen molar-refractivity contribution in [1.82, 2.24) is 5.32 Å². The summed E-state index contributed by atoms with van der Waals surface area (Å²) in [5.41, 5.74) is -0.150. The van der Waals surface area contributed by atoms with Gasteiger partial charge in [0.1, 0.15) is 0 Å². The second kappa shape index (κ2) is 7.07. The summed E-state index contributed by atoms with van der Waals surface area (Å²) in [6.07, 6.45) is 1.80. The summed E-state index contributed by atoms with van der Waals surface area (Å²) in [6, 6.07) is 5.83. The molecular formula is C16H23NO3S. The van der Waals surface area contributed by atoms with Crippen molar-refractivity contribution >= 4 is 17.7 Å². The first-order valence-electron chi connectivity index (χ1n) is 7.33. The van der Waals surface area contributed by atoms with Crippen LogP contribution in [0.4, 0.5) is 0 Å². The van der Waals surface area contributed by atoms with Gasteiger partial charge in [0, 0.05) is 16.9 Å². The maximum absolute atomic E-state index is 11.9. The van der Waals surface area contributed by atoms with E-state index in [-0.39, 0.29) is 11.4 Å². The van der Waals surface area contributed by atoms with Gasteiger partial charge in [0.05, 0.1) is 19.0 Å². The van der Waals surface area contributed by atoms with E-state index >= 15 is 0 Å². The summed E-state index contributed by atoms with van der Waals surface area (Å²) < 4.78 is 11.3. The highest BCUT2D eigenvalue weighted by atomic mass is 32.2. The van der Waals surface area contributed by atoms with Gasteiger partial charge in [-0.25, -0.2) is 0 Å². The molecule has 116 valence electrons. The second-order valence-corrected chi connectivity index (χ2v) is 6.78. The van der Waals surface area contributed by atoms with Crippen molar-refractivity contribution in [2.45, 2.75) is 44.0 Å². The fraction of sp³-hybridized carbons (Fsp3) is 0.562. The Morgan fingerprint density at radius 1 is 1.29 bits per heavy atom. The van der Waals surface area contributed by atoms with Gasteiger partial charge in [-0.2, -0.15) is 0 Å². The van der Waals surface area contributed by atoms with E-state index < -0.39 is 0 Å². The molecule has 5 heteroatoms. The first-order chi connectivity index (χ1) is 10.00. The Balaban J connectivity index is 1.92. The number of hydrogen-bond donors (Lipinski definition) is 1. The van der Waals surface area contributed by atoms with E-state index in [0.717, 1.165) is 29.2 Å². The minimum absolute atomic E-state index is 0.0546. The van der Waals surface area contributed by atoms with E-state index in [1.807, 2.05) is 32.0 Å². The van der Waals surface area contributed by atoms with Crippen molar-refractivity contribution in [3.05, 3.63) is 18.2 Å². The van der Waals surface area contributed by atoms with E-state index in [1.54, 1.807) is 0 Å². The molecule has 0 unspecified atom stereocenters. The molecule has 1 N–H and O–H groups in total. The SMILES string of the molecule is CCC(C)(C)NC(=O)CSc1ccc2c(c1)OCCCO2. The van der Waals surface area contributed by atoms with E-state index in [9.17, 15) is 4.79 Å². The molecule has 0 spiro atoms. The van der Waals surface area contributed by atoms with Crippen LogP contribution in [0.1, 0.15) is 33.6 Å². The van der Waals surface area contributed by atoms with Crippen molar-refractivity contribution in [3.63, 3.8) is 0 Å². The van der Waals surface area contributed by atoms with Crippen LogP contribution in [0.3, 0.4) is 0 Å². The normalized spacial score (nSPS) is 14.4. The fourth-order valence-electron chi connectivity index (χ4n) is 1.88. The third-order valence-corrected chi connectivity index (χ3v) is 4.44. The van der Waals surface area contributed by atoms with Gasteiger partial charge < -0.3 is 14.8 Å². The Bertz CT molecular complexity index is 502.